The Morgan fingerprint density at radius 1 is 0.951 bits per heavy atom. The smallest absolute Gasteiger partial charge is 0.305 e. The molecule has 4 N–H and O–H groups in total. The molecule has 0 aliphatic heterocycles. The van der Waals surface area contributed by atoms with E-state index in [4.69, 9.17) is 5.11 Å². The fourth-order valence-corrected chi connectivity index (χ4v) is 5.12. The number of amides is 1. The van der Waals surface area contributed by atoms with Crippen molar-refractivity contribution in [3.8, 4) is 22.4 Å². The molecule has 4 rings (SSSR count). The second-order valence-corrected chi connectivity index (χ2v) is 10.3. The molecule has 8 nitrogen and oxygen atoms in total. The highest BCUT2D eigenvalue weighted by Crippen LogP contribution is 2.42. The molecule has 0 unspecified atom stereocenters. The summed E-state index contributed by atoms with van der Waals surface area (Å²) in [6.07, 6.45) is 0.635. The van der Waals surface area contributed by atoms with E-state index in [0.717, 1.165) is 11.3 Å². The maximum Gasteiger partial charge on any atom is 0.305 e. The van der Waals surface area contributed by atoms with Gasteiger partial charge in [-0.15, -0.1) is 0 Å². The minimum atomic E-state index is -1.19. The van der Waals surface area contributed by atoms with E-state index in [2.05, 4.69) is 10.3 Å². The van der Waals surface area contributed by atoms with Crippen LogP contribution < -0.4 is 5.32 Å². The van der Waals surface area contributed by atoms with E-state index in [0.29, 0.717) is 28.1 Å². The number of nitrogens with one attached hydrogen (secondary N) is 1. The van der Waals surface area contributed by atoms with Gasteiger partial charge in [-0.25, -0.2) is 4.39 Å². The summed E-state index contributed by atoms with van der Waals surface area (Å²) in [4.78, 5) is 29.1. The molecule has 2 atom stereocenters. The van der Waals surface area contributed by atoms with Crippen LogP contribution in [0.5, 0.6) is 0 Å². The minimum Gasteiger partial charge on any atom is -0.481 e. The van der Waals surface area contributed by atoms with Crippen LogP contribution in [0.2, 0.25) is 0 Å². The summed E-state index contributed by atoms with van der Waals surface area (Å²) in [5.41, 5.74) is 4.55. The van der Waals surface area contributed by atoms with Crippen molar-refractivity contribution in [3.05, 3.63) is 96.2 Å². The number of aliphatic carboxylic acids is 1. The van der Waals surface area contributed by atoms with Gasteiger partial charge in [0.15, 0.2) is 0 Å². The maximum absolute atomic E-state index is 14.0. The first kappa shape index (κ1) is 29.6. The van der Waals surface area contributed by atoms with Crippen molar-refractivity contribution in [2.75, 3.05) is 5.32 Å². The summed E-state index contributed by atoms with van der Waals surface area (Å²) in [7, 11) is 0. The van der Waals surface area contributed by atoms with Crippen LogP contribution in [0.15, 0.2) is 79.1 Å². The van der Waals surface area contributed by atoms with Crippen molar-refractivity contribution in [1.82, 2.24) is 9.55 Å². The van der Waals surface area contributed by atoms with Gasteiger partial charge in [-0.3, -0.25) is 14.6 Å². The van der Waals surface area contributed by atoms with Gasteiger partial charge < -0.3 is 25.2 Å². The third-order valence-corrected chi connectivity index (χ3v) is 6.82. The number of anilines is 1. The average molecular weight is 560 g/mol. The highest BCUT2D eigenvalue weighted by molar-refractivity contribution is 6.12. The predicted octanol–water partition coefficient (Wildman–Crippen LogP) is 5.71. The minimum absolute atomic E-state index is 0.101. The van der Waals surface area contributed by atoms with Crippen LogP contribution in [-0.2, 0) is 11.3 Å². The lowest BCUT2D eigenvalue weighted by Crippen LogP contribution is -2.22. The van der Waals surface area contributed by atoms with Gasteiger partial charge in [-0.1, -0.05) is 44.2 Å². The number of benzene rings is 2. The molecule has 0 spiro atoms. The van der Waals surface area contributed by atoms with Crippen molar-refractivity contribution < 1.29 is 29.3 Å². The second-order valence-electron chi connectivity index (χ2n) is 10.3. The zero-order chi connectivity index (χ0) is 29.5. The molecule has 9 heteroatoms. The molecule has 0 bridgehead atoms. The number of halogens is 1. The molecule has 0 fully saturated rings. The van der Waals surface area contributed by atoms with Crippen molar-refractivity contribution >= 4 is 17.6 Å². The van der Waals surface area contributed by atoms with Crippen molar-refractivity contribution in [3.63, 3.8) is 0 Å². The van der Waals surface area contributed by atoms with Gasteiger partial charge in [0.1, 0.15) is 5.82 Å². The Kier molecular flexibility index (Phi) is 9.65. The van der Waals surface area contributed by atoms with Gasteiger partial charge in [0.25, 0.3) is 5.91 Å². The molecule has 214 valence electrons. The number of aliphatic hydroxyl groups is 2. The molecule has 0 saturated carbocycles. The van der Waals surface area contributed by atoms with Crippen molar-refractivity contribution in [2.24, 2.45) is 0 Å². The highest BCUT2D eigenvalue weighted by atomic mass is 19.1. The summed E-state index contributed by atoms with van der Waals surface area (Å²) in [5, 5.41) is 32.7. The van der Waals surface area contributed by atoms with E-state index in [1.807, 2.05) is 48.7 Å². The summed E-state index contributed by atoms with van der Waals surface area (Å²) in [6, 6.07) is 19.0. The number of carbonyl (C=O) groups excluding carboxylic acids is 1. The van der Waals surface area contributed by atoms with Crippen molar-refractivity contribution in [1.29, 1.82) is 0 Å². The van der Waals surface area contributed by atoms with Crippen LogP contribution in [0.25, 0.3) is 22.4 Å². The van der Waals surface area contributed by atoms with E-state index < -0.39 is 30.4 Å². The summed E-state index contributed by atoms with van der Waals surface area (Å²) in [5.74, 6) is -2.00. The normalized spacial score (nSPS) is 12.7. The second kappa shape index (κ2) is 13.3. The number of aliphatic hydroxyl groups excluding tert-OH is 2. The summed E-state index contributed by atoms with van der Waals surface area (Å²) >= 11 is 0. The molecule has 0 saturated heterocycles. The van der Waals surface area contributed by atoms with Gasteiger partial charge in [0.05, 0.1) is 41.8 Å². The van der Waals surface area contributed by atoms with Gasteiger partial charge in [-0.05, 0) is 66.3 Å². The lowest BCUT2D eigenvalue weighted by Gasteiger charge is -2.20. The number of hydrogen-bond acceptors (Lipinski definition) is 5. The van der Waals surface area contributed by atoms with Crippen LogP contribution in [0.1, 0.15) is 55.1 Å². The Morgan fingerprint density at radius 3 is 2.27 bits per heavy atom. The maximum atomic E-state index is 14.0. The standard InChI is InChI=1S/C32H34FN3O5/c1-20(2)30-29(32(41)35-24-9-6-15-34-19-24)28(21-7-4-3-5-8-21)31(22-10-12-23(33)13-11-22)36(30)16-14-25(37)17-26(38)18-27(39)40/h3-13,15,19-20,25-26,37-38H,14,16-18H2,1-2H3,(H,35,41)(H,39,40)/t25-,26-/m1/s1. The first-order valence-corrected chi connectivity index (χ1v) is 13.5. The molecule has 2 heterocycles. The number of carbonyl (C=O) groups is 2. The largest absolute Gasteiger partial charge is 0.481 e. The first-order valence-electron chi connectivity index (χ1n) is 13.5. The molecule has 0 aliphatic rings. The van der Waals surface area contributed by atoms with Gasteiger partial charge in [-0.2, -0.15) is 0 Å². The van der Waals surface area contributed by atoms with Crippen LogP contribution in [0.3, 0.4) is 0 Å². The SMILES string of the molecule is CC(C)c1c(C(=O)Nc2cccnc2)c(-c2ccccc2)c(-c2ccc(F)cc2)n1CC[C@@H](O)C[C@@H](O)CC(=O)O. The molecule has 2 aromatic heterocycles. The van der Waals surface area contributed by atoms with E-state index in [-0.39, 0.29) is 31.2 Å². The fraction of sp³-hybridized carbons (Fsp3) is 0.281. The lowest BCUT2D eigenvalue weighted by atomic mass is 9.94. The van der Waals surface area contributed by atoms with Gasteiger partial charge in [0.2, 0.25) is 0 Å². The zero-order valence-electron chi connectivity index (χ0n) is 23.0. The Morgan fingerprint density at radius 2 is 1.66 bits per heavy atom. The zero-order valence-corrected chi connectivity index (χ0v) is 23.0. The topological polar surface area (TPSA) is 125 Å². The highest BCUT2D eigenvalue weighted by Gasteiger charge is 2.31. The van der Waals surface area contributed by atoms with E-state index in [9.17, 15) is 24.2 Å². The average Bonchev–Trinajstić information content (AvgIpc) is 3.28. The molecule has 41 heavy (non-hydrogen) atoms. The monoisotopic (exact) mass is 559 g/mol. The third-order valence-electron chi connectivity index (χ3n) is 6.82. The lowest BCUT2D eigenvalue weighted by molar-refractivity contribution is -0.139. The molecule has 0 radical (unpaired) electrons. The molecule has 4 aromatic rings. The van der Waals surface area contributed by atoms with Gasteiger partial charge in [0, 0.05) is 24.0 Å². The first-order chi connectivity index (χ1) is 19.7. The number of hydrogen-bond donors (Lipinski definition) is 4. The summed E-state index contributed by atoms with van der Waals surface area (Å²) < 4.78 is 16.0. The fourth-order valence-electron chi connectivity index (χ4n) is 5.12. The number of carboxylic acids is 1. The Balaban J connectivity index is 1.89. The van der Waals surface area contributed by atoms with E-state index in [1.54, 1.807) is 36.7 Å². The Labute approximate surface area is 238 Å². The quantitative estimate of drug-likeness (QED) is 0.176. The molecule has 1 amide bonds. The van der Waals surface area contributed by atoms with Gasteiger partial charge >= 0.3 is 5.97 Å². The molecular weight excluding hydrogens is 525 g/mol. The van der Waals surface area contributed by atoms with Crippen LogP contribution in [-0.4, -0.2) is 49.0 Å². The molecular formula is C32H34FN3O5. The number of aromatic nitrogens is 2. The van der Waals surface area contributed by atoms with Crippen LogP contribution in [0.4, 0.5) is 10.1 Å². The van der Waals surface area contributed by atoms with Crippen LogP contribution >= 0.6 is 0 Å². The van der Waals surface area contributed by atoms with E-state index in [1.165, 1.54) is 12.1 Å². The Hall–Kier alpha value is -4.34. The predicted molar refractivity (Wildman–Crippen MR) is 155 cm³/mol. The number of rotatable bonds is 12. The van der Waals surface area contributed by atoms with Crippen molar-refractivity contribution in [2.45, 2.75) is 57.8 Å². The molecule has 0 aliphatic carbocycles. The summed E-state index contributed by atoms with van der Waals surface area (Å²) in [6.45, 7) is 4.22. The Bertz CT molecular complexity index is 1470. The number of pyridine rings is 1. The number of carboxylic acid groups (broad SMARTS) is 1. The number of nitrogens with zero attached hydrogens (tertiary/aromatic N) is 2. The third kappa shape index (κ3) is 7.25. The van der Waals surface area contributed by atoms with E-state index >= 15 is 0 Å². The molecule has 2 aromatic carbocycles. The van der Waals surface area contributed by atoms with Crippen LogP contribution in [0, 0.1) is 5.82 Å².